The second kappa shape index (κ2) is 16.8. The number of aromatic amines is 1. The highest BCUT2D eigenvalue weighted by atomic mass is 31.2. The van der Waals surface area contributed by atoms with Crippen LogP contribution in [0.1, 0.15) is 72.9 Å². The second-order valence-corrected chi connectivity index (χ2v) is 16.2. The number of hydrogen-bond acceptors (Lipinski definition) is 11. The number of unbranched alkanes of at least 4 members (excludes halogenated alkanes) is 1. The zero-order valence-electron chi connectivity index (χ0n) is 30.5. The van der Waals surface area contributed by atoms with Crippen LogP contribution in [-0.2, 0) is 29.4 Å². The fraction of sp³-hybridized carbons (Fsp3) is 0.500. The van der Waals surface area contributed by atoms with Crippen molar-refractivity contribution in [1.29, 1.82) is 0 Å². The SMILES string of the molecule is CC(C)(C)OP(=O)(OC[C@H]1CCCN1CCCCOc1ccc2c(Nc3cc(CC(=O)Nc4cccc(F)c4F)[nH]n3)ncnc2c1)OC(C)(C)C. The van der Waals surface area contributed by atoms with E-state index in [1.54, 1.807) is 6.07 Å². The summed E-state index contributed by atoms with van der Waals surface area (Å²) in [6.45, 7) is 13.6. The molecule has 0 saturated carbocycles. The van der Waals surface area contributed by atoms with E-state index in [0.29, 0.717) is 35.2 Å². The maximum absolute atomic E-state index is 13.9. The number of carbonyl (C=O) groups excluding carboxylic acids is 1. The number of hydrogen-bond donors (Lipinski definition) is 3. The minimum Gasteiger partial charge on any atom is -0.494 e. The van der Waals surface area contributed by atoms with E-state index in [2.05, 4.69) is 35.7 Å². The highest BCUT2D eigenvalue weighted by Crippen LogP contribution is 2.55. The number of benzene rings is 2. The van der Waals surface area contributed by atoms with E-state index in [1.165, 1.54) is 18.5 Å². The molecule has 0 radical (unpaired) electrons. The highest BCUT2D eigenvalue weighted by molar-refractivity contribution is 7.48. The number of anilines is 3. The van der Waals surface area contributed by atoms with Gasteiger partial charge in [-0.3, -0.25) is 28.4 Å². The Kier molecular flexibility index (Phi) is 12.6. The lowest BCUT2D eigenvalue weighted by Gasteiger charge is -2.32. The summed E-state index contributed by atoms with van der Waals surface area (Å²) in [4.78, 5) is 23.5. The molecule has 282 valence electrons. The van der Waals surface area contributed by atoms with Crippen molar-refractivity contribution in [3.05, 3.63) is 66.1 Å². The lowest BCUT2D eigenvalue weighted by molar-refractivity contribution is -0.115. The third-order valence-corrected chi connectivity index (χ3v) is 9.87. The number of nitrogens with zero attached hydrogens (tertiary/aromatic N) is 4. The number of aromatic nitrogens is 4. The Morgan fingerprint density at radius 1 is 1.04 bits per heavy atom. The topological polar surface area (TPSA) is 153 Å². The number of rotatable bonds is 16. The van der Waals surface area contributed by atoms with Crippen LogP contribution in [0.4, 0.5) is 26.1 Å². The number of ether oxygens (including phenoxy) is 1. The van der Waals surface area contributed by atoms with Gasteiger partial charge in [0.2, 0.25) is 5.91 Å². The number of carbonyl (C=O) groups is 1. The van der Waals surface area contributed by atoms with Crippen LogP contribution in [-0.4, -0.2) is 74.5 Å². The summed E-state index contributed by atoms with van der Waals surface area (Å²) >= 11 is 0. The van der Waals surface area contributed by atoms with E-state index in [-0.39, 0.29) is 24.8 Å². The molecule has 1 aliphatic rings. The first-order valence-corrected chi connectivity index (χ1v) is 18.8. The van der Waals surface area contributed by atoms with Crippen molar-refractivity contribution >= 4 is 42.0 Å². The fourth-order valence-corrected chi connectivity index (χ4v) is 7.58. The smallest absolute Gasteiger partial charge is 0.475 e. The first-order chi connectivity index (χ1) is 24.6. The van der Waals surface area contributed by atoms with Crippen LogP contribution < -0.4 is 15.4 Å². The molecular formula is C36H48F2N7O6P. The molecule has 1 fully saturated rings. The molecule has 0 aliphatic carbocycles. The summed E-state index contributed by atoms with van der Waals surface area (Å²) in [5, 5.41) is 13.2. The predicted molar refractivity (Wildman–Crippen MR) is 195 cm³/mol. The molecule has 1 aliphatic heterocycles. The van der Waals surface area contributed by atoms with E-state index in [0.717, 1.165) is 50.2 Å². The Morgan fingerprint density at radius 2 is 1.81 bits per heavy atom. The molecule has 0 bridgehead atoms. The van der Waals surface area contributed by atoms with Crippen molar-refractivity contribution < 1.29 is 36.4 Å². The van der Waals surface area contributed by atoms with Gasteiger partial charge in [-0.1, -0.05) is 6.07 Å². The number of halogens is 2. The maximum atomic E-state index is 13.9. The molecule has 3 N–H and O–H groups in total. The number of phosphoric acid groups is 1. The standard InChI is InChI=1S/C36H48F2N7O6P/c1-35(2,3)50-52(47,51-36(4,5)6)49-22-25-11-10-17-45(25)16-7-8-18-48-26-14-15-27-30(21-26)39-23-40-34(27)42-31-19-24(43-44-31)20-32(46)41-29-13-9-12-28(37)33(29)38/h9,12-15,19,21,23,25H,7-8,10-11,16-18,20,22H2,1-6H3,(H,41,46)(H2,39,40,42,43,44)/t25-/m1/s1. The molecule has 0 unspecified atom stereocenters. The molecule has 1 atom stereocenters. The molecule has 2 aromatic carbocycles. The molecule has 1 amide bonds. The Morgan fingerprint density at radius 3 is 2.56 bits per heavy atom. The van der Waals surface area contributed by atoms with Gasteiger partial charge in [0.05, 0.1) is 42.0 Å². The lowest BCUT2D eigenvalue weighted by atomic mass is 10.2. The Labute approximate surface area is 302 Å². The molecule has 3 heterocycles. The third kappa shape index (κ3) is 11.5. The van der Waals surface area contributed by atoms with Gasteiger partial charge in [-0.2, -0.15) is 5.10 Å². The van der Waals surface area contributed by atoms with E-state index in [9.17, 15) is 18.1 Å². The van der Waals surface area contributed by atoms with Gasteiger partial charge in [0, 0.05) is 29.3 Å². The molecule has 52 heavy (non-hydrogen) atoms. The second-order valence-electron chi connectivity index (χ2n) is 14.7. The summed E-state index contributed by atoms with van der Waals surface area (Å²) in [6.07, 6.45) is 5.06. The number of amides is 1. The predicted octanol–water partition coefficient (Wildman–Crippen LogP) is 7.93. The first-order valence-electron chi connectivity index (χ1n) is 17.4. The summed E-state index contributed by atoms with van der Waals surface area (Å²) in [6, 6.07) is 10.9. The Hall–Kier alpha value is -4.01. The average molecular weight is 744 g/mol. The molecule has 5 rings (SSSR count). The number of nitrogens with one attached hydrogen (secondary N) is 3. The van der Waals surface area contributed by atoms with Crippen molar-refractivity contribution in [1.82, 2.24) is 25.1 Å². The van der Waals surface area contributed by atoms with Crippen LogP contribution in [0.15, 0.2) is 48.8 Å². The summed E-state index contributed by atoms with van der Waals surface area (Å²) in [5.74, 6) is -1.09. The quantitative estimate of drug-likeness (QED) is 0.0758. The normalized spacial score (nSPS) is 15.7. The number of H-pyrrole nitrogens is 1. The van der Waals surface area contributed by atoms with Crippen LogP contribution in [0, 0.1) is 11.6 Å². The number of phosphoric ester groups is 1. The van der Waals surface area contributed by atoms with Crippen LogP contribution in [0.5, 0.6) is 5.75 Å². The molecule has 16 heteroatoms. The number of likely N-dealkylation sites (tertiary alicyclic amines) is 1. The zero-order valence-corrected chi connectivity index (χ0v) is 31.4. The van der Waals surface area contributed by atoms with Gasteiger partial charge in [0.1, 0.15) is 17.9 Å². The summed E-state index contributed by atoms with van der Waals surface area (Å²) < 4.78 is 64.3. The molecule has 0 spiro atoms. The van der Waals surface area contributed by atoms with E-state index < -0.39 is 36.6 Å². The molecule has 4 aromatic rings. The van der Waals surface area contributed by atoms with E-state index in [4.69, 9.17) is 18.3 Å². The Balaban J connectivity index is 1.08. The van der Waals surface area contributed by atoms with Crippen molar-refractivity contribution in [2.75, 3.05) is 36.9 Å². The molecular weight excluding hydrogens is 695 g/mol. The minimum atomic E-state index is -3.76. The van der Waals surface area contributed by atoms with E-state index >= 15 is 0 Å². The zero-order chi connectivity index (χ0) is 37.5. The van der Waals surface area contributed by atoms with Gasteiger partial charge >= 0.3 is 7.82 Å². The van der Waals surface area contributed by atoms with Gasteiger partial charge in [-0.05, 0) is 105 Å². The third-order valence-electron chi connectivity index (χ3n) is 7.87. The summed E-state index contributed by atoms with van der Waals surface area (Å²) in [5.41, 5.74) is -0.466. The number of fused-ring (bicyclic) bond motifs is 1. The maximum Gasteiger partial charge on any atom is 0.475 e. The van der Waals surface area contributed by atoms with Crippen LogP contribution in [0.25, 0.3) is 10.9 Å². The highest BCUT2D eigenvalue weighted by Gasteiger charge is 2.38. The first kappa shape index (κ1) is 39.2. The minimum absolute atomic E-state index is 0.133. The van der Waals surface area contributed by atoms with Crippen LogP contribution in [0.3, 0.4) is 0 Å². The van der Waals surface area contributed by atoms with Crippen LogP contribution >= 0.6 is 7.82 Å². The largest absolute Gasteiger partial charge is 0.494 e. The van der Waals surface area contributed by atoms with Gasteiger partial charge in [0.15, 0.2) is 17.5 Å². The molecule has 2 aromatic heterocycles. The van der Waals surface area contributed by atoms with Crippen molar-refractivity contribution in [2.24, 2.45) is 0 Å². The van der Waals surface area contributed by atoms with E-state index in [1.807, 2.05) is 59.7 Å². The summed E-state index contributed by atoms with van der Waals surface area (Å²) in [7, 11) is -3.76. The van der Waals surface area contributed by atoms with Crippen molar-refractivity contribution in [3.63, 3.8) is 0 Å². The van der Waals surface area contributed by atoms with Crippen LogP contribution in [0.2, 0.25) is 0 Å². The van der Waals surface area contributed by atoms with Gasteiger partial charge in [0.25, 0.3) is 0 Å². The fourth-order valence-electron chi connectivity index (χ4n) is 5.74. The van der Waals surface area contributed by atoms with Gasteiger partial charge in [-0.15, -0.1) is 0 Å². The molecule has 13 nitrogen and oxygen atoms in total. The van der Waals surface area contributed by atoms with Crippen molar-refractivity contribution in [2.45, 2.75) is 90.9 Å². The van der Waals surface area contributed by atoms with Gasteiger partial charge < -0.3 is 15.4 Å². The van der Waals surface area contributed by atoms with Gasteiger partial charge in [-0.25, -0.2) is 23.3 Å². The molecule has 1 saturated heterocycles. The lowest BCUT2D eigenvalue weighted by Crippen LogP contribution is -2.34. The monoisotopic (exact) mass is 743 g/mol. The average Bonchev–Trinajstić information content (AvgIpc) is 3.69. The Bertz CT molecular complexity index is 1860. The van der Waals surface area contributed by atoms with Crippen molar-refractivity contribution in [3.8, 4) is 5.75 Å².